The first kappa shape index (κ1) is 17.5. The highest BCUT2D eigenvalue weighted by atomic mass is 16.5. The SMILES string of the molecule is COCCCNC(=O)C(C)Oc1ccc([C@H](C)N)cc1C. The molecule has 1 aromatic carbocycles. The second kappa shape index (κ2) is 8.64. The normalized spacial score (nSPS) is 13.6. The maximum atomic E-state index is 11.9. The summed E-state index contributed by atoms with van der Waals surface area (Å²) in [7, 11) is 1.64. The van der Waals surface area contributed by atoms with Crippen LogP contribution >= 0.6 is 0 Å². The van der Waals surface area contributed by atoms with Crippen molar-refractivity contribution in [3.05, 3.63) is 29.3 Å². The highest BCUT2D eigenvalue weighted by molar-refractivity contribution is 5.80. The molecule has 1 aromatic rings. The molecule has 0 aromatic heterocycles. The van der Waals surface area contributed by atoms with Gasteiger partial charge in [0.1, 0.15) is 5.75 Å². The molecule has 0 bridgehead atoms. The van der Waals surface area contributed by atoms with Crippen molar-refractivity contribution < 1.29 is 14.3 Å². The molecule has 0 aliphatic rings. The van der Waals surface area contributed by atoms with Crippen LogP contribution in [0.1, 0.15) is 37.4 Å². The molecule has 0 spiro atoms. The molecular weight excluding hydrogens is 268 g/mol. The van der Waals surface area contributed by atoms with Crippen LogP contribution in [0.25, 0.3) is 0 Å². The minimum absolute atomic E-state index is 0.0146. The predicted octanol–water partition coefficient (Wildman–Crippen LogP) is 1.93. The average Bonchev–Trinajstić information content (AvgIpc) is 2.45. The number of benzene rings is 1. The van der Waals surface area contributed by atoms with Crippen LogP contribution in [-0.4, -0.2) is 32.3 Å². The number of hydrogen-bond acceptors (Lipinski definition) is 4. The second-order valence-corrected chi connectivity index (χ2v) is 5.21. The lowest BCUT2D eigenvalue weighted by atomic mass is 10.1. The van der Waals surface area contributed by atoms with Gasteiger partial charge in [-0.3, -0.25) is 4.79 Å². The number of methoxy groups -OCH3 is 1. The number of carbonyl (C=O) groups excluding carboxylic acids is 1. The van der Waals surface area contributed by atoms with Gasteiger partial charge < -0.3 is 20.5 Å². The quantitative estimate of drug-likeness (QED) is 0.719. The first-order valence-electron chi connectivity index (χ1n) is 7.25. The van der Waals surface area contributed by atoms with Gasteiger partial charge in [0.15, 0.2) is 6.10 Å². The zero-order valence-corrected chi connectivity index (χ0v) is 13.3. The van der Waals surface area contributed by atoms with Gasteiger partial charge in [0.25, 0.3) is 5.91 Å². The van der Waals surface area contributed by atoms with Crippen LogP contribution < -0.4 is 15.8 Å². The van der Waals surface area contributed by atoms with Crippen molar-refractivity contribution in [3.63, 3.8) is 0 Å². The Kier molecular flexibility index (Phi) is 7.19. The molecule has 1 amide bonds. The van der Waals surface area contributed by atoms with Gasteiger partial charge in [-0.25, -0.2) is 0 Å². The van der Waals surface area contributed by atoms with Crippen molar-refractivity contribution in [2.24, 2.45) is 5.73 Å². The fourth-order valence-electron chi connectivity index (χ4n) is 1.90. The Morgan fingerprint density at radius 3 is 2.67 bits per heavy atom. The highest BCUT2D eigenvalue weighted by Gasteiger charge is 2.15. The first-order chi connectivity index (χ1) is 9.95. The summed E-state index contributed by atoms with van der Waals surface area (Å²) in [6.45, 7) is 6.84. The Bertz CT molecular complexity index is 461. The minimum atomic E-state index is -0.535. The minimum Gasteiger partial charge on any atom is -0.481 e. The molecule has 0 fully saturated rings. The number of nitrogens with two attached hydrogens (primary N) is 1. The summed E-state index contributed by atoms with van der Waals surface area (Å²) in [5.41, 5.74) is 7.87. The van der Waals surface area contributed by atoms with Gasteiger partial charge in [0, 0.05) is 26.3 Å². The summed E-state index contributed by atoms with van der Waals surface area (Å²) in [6.07, 6.45) is 0.254. The molecular formula is C16H26N2O3. The summed E-state index contributed by atoms with van der Waals surface area (Å²) in [5, 5.41) is 2.82. The summed E-state index contributed by atoms with van der Waals surface area (Å²) in [6, 6.07) is 5.77. The highest BCUT2D eigenvalue weighted by Crippen LogP contribution is 2.22. The van der Waals surface area contributed by atoms with Crippen LogP contribution in [0.4, 0.5) is 0 Å². The van der Waals surface area contributed by atoms with E-state index in [1.54, 1.807) is 14.0 Å². The van der Waals surface area contributed by atoms with Crippen LogP contribution in [-0.2, 0) is 9.53 Å². The molecule has 21 heavy (non-hydrogen) atoms. The first-order valence-corrected chi connectivity index (χ1v) is 7.25. The van der Waals surface area contributed by atoms with Crippen molar-refractivity contribution >= 4 is 5.91 Å². The standard InChI is InChI=1S/C16H26N2O3/c1-11-10-14(12(2)17)6-7-15(11)21-13(3)16(19)18-8-5-9-20-4/h6-7,10,12-13H,5,8-9,17H2,1-4H3,(H,18,19)/t12-,13?/m0/s1. The number of aryl methyl sites for hydroxylation is 1. The largest absolute Gasteiger partial charge is 0.481 e. The number of rotatable bonds is 8. The number of amides is 1. The fourth-order valence-corrected chi connectivity index (χ4v) is 1.90. The van der Waals surface area contributed by atoms with Crippen LogP contribution in [0, 0.1) is 6.92 Å². The molecule has 0 saturated carbocycles. The number of ether oxygens (including phenoxy) is 2. The lowest BCUT2D eigenvalue weighted by molar-refractivity contribution is -0.127. The van der Waals surface area contributed by atoms with Crippen LogP contribution in [0.15, 0.2) is 18.2 Å². The van der Waals surface area contributed by atoms with Gasteiger partial charge in [0.05, 0.1) is 0 Å². The predicted molar refractivity (Wildman–Crippen MR) is 83.4 cm³/mol. The lowest BCUT2D eigenvalue weighted by Gasteiger charge is -2.17. The summed E-state index contributed by atoms with van der Waals surface area (Å²) in [5.74, 6) is 0.584. The molecule has 0 heterocycles. The molecule has 5 heteroatoms. The molecule has 118 valence electrons. The van der Waals surface area contributed by atoms with Gasteiger partial charge in [0.2, 0.25) is 0 Å². The van der Waals surface area contributed by atoms with E-state index < -0.39 is 6.10 Å². The van der Waals surface area contributed by atoms with E-state index in [9.17, 15) is 4.79 Å². The maximum Gasteiger partial charge on any atom is 0.260 e. The van der Waals surface area contributed by atoms with E-state index in [4.69, 9.17) is 15.2 Å². The Balaban J connectivity index is 2.54. The van der Waals surface area contributed by atoms with E-state index in [1.807, 2.05) is 32.0 Å². The Morgan fingerprint density at radius 1 is 1.38 bits per heavy atom. The van der Waals surface area contributed by atoms with Crippen molar-refractivity contribution in [1.29, 1.82) is 0 Å². The third kappa shape index (κ3) is 5.73. The molecule has 0 saturated heterocycles. The Labute approximate surface area is 126 Å². The average molecular weight is 294 g/mol. The Hall–Kier alpha value is -1.59. The van der Waals surface area contributed by atoms with Gasteiger partial charge in [-0.2, -0.15) is 0 Å². The third-order valence-corrected chi connectivity index (χ3v) is 3.22. The molecule has 3 N–H and O–H groups in total. The Morgan fingerprint density at radius 2 is 2.10 bits per heavy atom. The number of carbonyl (C=O) groups is 1. The molecule has 1 unspecified atom stereocenters. The maximum absolute atomic E-state index is 11.9. The molecule has 5 nitrogen and oxygen atoms in total. The van der Waals surface area contributed by atoms with Crippen LogP contribution in [0.3, 0.4) is 0 Å². The molecule has 0 aliphatic heterocycles. The van der Waals surface area contributed by atoms with Crippen molar-refractivity contribution in [3.8, 4) is 5.75 Å². The third-order valence-electron chi connectivity index (χ3n) is 3.22. The summed E-state index contributed by atoms with van der Waals surface area (Å²) >= 11 is 0. The van der Waals surface area contributed by atoms with E-state index in [2.05, 4.69) is 5.32 Å². The smallest absolute Gasteiger partial charge is 0.260 e. The topological polar surface area (TPSA) is 73.6 Å². The molecule has 1 rings (SSSR count). The van der Waals surface area contributed by atoms with Gasteiger partial charge in [-0.05, 0) is 44.4 Å². The number of nitrogens with one attached hydrogen (secondary N) is 1. The van der Waals surface area contributed by atoms with Crippen LogP contribution in [0.5, 0.6) is 5.75 Å². The monoisotopic (exact) mass is 294 g/mol. The van der Waals surface area contributed by atoms with Gasteiger partial charge in [-0.15, -0.1) is 0 Å². The summed E-state index contributed by atoms with van der Waals surface area (Å²) < 4.78 is 10.6. The van der Waals surface area contributed by atoms with E-state index in [0.717, 1.165) is 17.5 Å². The van der Waals surface area contributed by atoms with E-state index in [-0.39, 0.29) is 11.9 Å². The van der Waals surface area contributed by atoms with Crippen molar-refractivity contribution in [1.82, 2.24) is 5.32 Å². The fraction of sp³-hybridized carbons (Fsp3) is 0.562. The molecule has 2 atom stereocenters. The van der Waals surface area contributed by atoms with Gasteiger partial charge >= 0.3 is 0 Å². The van der Waals surface area contributed by atoms with Crippen LogP contribution in [0.2, 0.25) is 0 Å². The number of hydrogen-bond donors (Lipinski definition) is 2. The van der Waals surface area contributed by atoms with Gasteiger partial charge in [-0.1, -0.05) is 12.1 Å². The zero-order valence-electron chi connectivity index (χ0n) is 13.3. The lowest BCUT2D eigenvalue weighted by Crippen LogP contribution is -2.37. The molecule has 0 aliphatic carbocycles. The van der Waals surface area contributed by atoms with E-state index in [1.165, 1.54) is 0 Å². The van der Waals surface area contributed by atoms with Crippen molar-refractivity contribution in [2.45, 2.75) is 39.3 Å². The zero-order chi connectivity index (χ0) is 15.8. The van der Waals surface area contributed by atoms with E-state index >= 15 is 0 Å². The summed E-state index contributed by atoms with van der Waals surface area (Å²) in [4.78, 5) is 11.9. The second-order valence-electron chi connectivity index (χ2n) is 5.21. The van der Waals surface area contributed by atoms with Crippen molar-refractivity contribution in [2.75, 3.05) is 20.3 Å². The van der Waals surface area contributed by atoms with E-state index in [0.29, 0.717) is 18.9 Å². The molecule has 0 radical (unpaired) electrons.